The van der Waals surface area contributed by atoms with Gasteiger partial charge in [-0.05, 0) is 35.1 Å². The lowest BCUT2D eigenvalue weighted by atomic mass is 10.2. The Morgan fingerprint density at radius 1 is 1.58 bits per heavy atom. The lowest BCUT2D eigenvalue weighted by Crippen LogP contribution is -2.06. The van der Waals surface area contributed by atoms with Crippen molar-refractivity contribution in [3.63, 3.8) is 0 Å². The highest BCUT2D eigenvalue weighted by Gasteiger charge is 2.09. The number of aromatic hydroxyl groups is 1. The van der Waals surface area contributed by atoms with E-state index in [0.717, 1.165) is 0 Å². The Labute approximate surface area is 78.5 Å². The van der Waals surface area contributed by atoms with Gasteiger partial charge in [-0.1, -0.05) is 0 Å². The van der Waals surface area contributed by atoms with E-state index >= 15 is 0 Å². The fraction of sp³-hybridized carbons (Fsp3) is 0.250. The van der Waals surface area contributed by atoms with E-state index in [1.807, 2.05) is 0 Å². The molecule has 0 heterocycles. The summed E-state index contributed by atoms with van der Waals surface area (Å²) >= 11 is 3.06. The third kappa shape index (κ3) is 1.76. The Morgan fingerprint density at radius 2 is 2.25 bits per heavy atom. The molecule has 0 unspecified atom stereocenters. The highest BCUT2D eigenvalue weighted by molar-refractivity contribution is 9.10. The second-order valence-corrected chi connectivity index (χ2v) is 3.18. The molecule has 0 bridgehead atoms. The maximum Gasteiger partial charge on any atom is 0.137 e. The SMILES string of the molecule is CNCc1c(O)ccc(F)c1Br. The van der Waals surface area contributed by atoms with Crippen LogP contribution in [0.2, 0.25) is 0 Å². The summed E-state index contributed by atoms with van der Waals surface area (Å²) in [5.41, 5.74) is 0.539. The minimum absolute atomic E-state index is 0.0950. The Bertz CT molecular complexity index is 291. The molecule has 0 saturated heterocycles. The molecule has 0 atom stereocenters. The van der Waals surface area contributed by atoms with E-state index in [9.17, 15) is 9.50 Å². The van der Waals surface area contributed by atoms with Gasteiger partial charge in [-0.15, -0.1) is 0 Å². The molecule has 0 radical (unpaired) electrons. The van der Waals surface area contributed by atoms with Crippen LogP contribution in [0.15, 0.2) is 16.6 Å². The van der Waals surface area contributed by atoms with Crippen molar-refractivity contribution in [1.82, 2.24) is 5.32 Å². The normalized spacial score (nSPS) is 10.2. The van der Waals surface area contributed by atoms with Crippen molar-refractivity contribution >= 4 is 15.9 Å². The van der Waals surface area contributed by atoms with Crippen molar-refractivity contribution in [3.05, 3.63) is 28.0 Å². The monoisotopic (exact) mass is 233 g/mol. The first-order valence-corrected chi connectivity index (χ1v) is 4.26. The van der Waals surface area contributed by atoms with Crippen molar-refractivity contribution in [1.29, 1.82) is 0 Å². The summed E-state index contributed by atoms with van der Waals surface area (Å²) in [5.74, 6) is -0.268. The number of rotatable bonds is 2. The molecule has 66 valence electrons. The topological polar surface area (TPSA) is 32.3 Å². The Balaban J connectivity index is 3.14. The van der Waals surface area contributed by atoms with Gasteiger partial charge in [0.2, 0.25) is 0 Å². The van der Waals surface area contributed by atoms with Gasteiger partial charge in [0, 0.05) is 12.1 Å². The molecule has 0 aliphatic carbocycles. The number of hydrogen-bond donors (Lipinski definition) is 2. The van der Waals surface area contributed by atoms with E-state index < -0.39 is 0 Å². The van der Waals surface area contributed by atoms with Crippen molar-refractivity contribution < 1.29 is 9.50 Å². The highest BCUT2D eigenvalue weighted by atomic mass is 79.9. The van der Waals surface area contributed by atoms with Gasteiger partial charge in [0.05, 0.1) is 4.47 Å². The molecule has 2 N–H and O–H groups in total. The van der Waals surface area contributed by atoms with E-state index in [-0.39, 0.29) is 11.6 Å². The van der Waals surface area contributed by atoms with Crippen molar-refractivity contribution in [3.8, 4) is 5.75 Å². The summed E-state index contributed by atoms with van der Waals surface area (Å²) in [7, 11) is 1.73. The molecular formula is C8H9BrFNO. The lowest BCUT2D eigenvalue weighted by molar-refractivity contribution is 0.462. The van der Waals surface area contributed by atoms with Gasteiger partial charge >= 0.3 is 0 Å². The van der Waals surface area contributed by atoms with E-state index in [0.29, 0.717) is 16.6 Å². The van der Waals surface area contributed by atoms with Crippen LogP contribution in [-0.2, 0) is 6.54 Å². The summed E-state index contributed by atoms with van der Waals surface area (Å²) < 4.78 is 13.2. The maximum atomic E-state index is 12.9. The van der Waals surface area contributed by atoms with Crippen LogP contribution in [0.5, 0.6) is 5.75 Å². The zero-order valence-corrected chi connectivity index (χ0v) is 8.15. The molecule has 12 heavy (non-hydrogen) atoms. The van der Waals surface area contributed by atoms with Gasteiger partial charge in [-0.25, -0.2) is 4.39 Å². The third-order valence-corrected chi connectivity index (χ3v) is 2.38. The predicted molar refractivity (Wildman–Crippen MR) is 48.5 cm³/mol. The molecule has 0 aliphatic rings. The van der Waals surface area contributed by atoms with Gasteiger partial charge in [-0.2, -0.15) is 0 Å². The second-order valence-electron chi connectivity index (χ2n) is 2.39. The standard InChI is InChI=1S/C8H9BrFNO/c1-11-4-5-7(12)3-2-6(10)8(5)9/h2-3,11-12H,4H2,1H3. The largest absolute Gasteiger partial charge is 0.508 e. The van der Waals surface area contributed by atoms with E-state index in [1.54, 1.807) is 7.05 Å². The Kier molecular flexibility index (Phi) is 3.05. The molecule has 1 aromatic carbocycles. The zero-order chi connectivity index (χ0) is 9.14. The second kappa shape index (κ2) is 3.87. The van der Waals surface area contributed by atoms with Crippen LogP contribution in [0.3, 0.4) is 0 Å². The minimum Gasteiger partial charge on any atom is -0.508 e. The molecule has 0 spiro atoms. The molecule has 0 saturated carbocycles. The number of nitrogens with one attached hydrogen (secondary N) is 1. The van der Waals surface area contributed by atoms with Gasteiger partial charge in [-0.3, -0.25) is 0 Å². The van der Waals surface area contributed by atoms with Crippen molar-refractivity contribution in [2.75, 3.05) is 7.05 Å². The Morgan fingerprint density at radius 3 is 2.83 bits per heavy atom. The lowest BCUT2D eigenvalue weighted by Gasteiger charge is -2.06. The number of phenols is 1. The molecule has 0 aromatic heterocycles. The zero-order valence-electron chi connectivity index (χ0n) is 6.56. The Hall–Kier alpha value is -0.610. The molecule has 2 nitrogen and oxygen atoms in total. The van der Waals surface area contributed by atoms with Crippen molar-refractivity contribution in [2.24, 2.45) is 0 Å². The smallest absolute Gasteiger partial charge is 0.137 e. The van der Waals surface area contributed by atoms with Crippen molar-refractivity contribution in [2.45, 2.75) is 6.54 Å². The first kappa shape index (κ1) is 9.48. The summed E-state index contributed by atoms with van der Waals surface area (Å²) in [4.78, 5) is 0. The van der Waals surface area contributed by atoms with Crippen LogP contribution in [-0.4, -0.2) is 12.2 Å². The molecular weight excluding hydrogens is 225 g/mol. The summed E-state index contributed by atoms with van der Waals surface area (Å²) in [5, 5.41) is 12.1. The molecule has 0 amide bonds. The third-order valence-electron chi connectivity index (χ3n) is 1.52. The minimum atomic E-state index is -0.363. The maximum absolute atomic E-state index is 12.9. The summed E-state index contributed by atoms with van der Waals surface area (Å²) in [6.07, 6.45) is 0. The fourth-order valence-electron chi connectivity index (χ4n) is 0.927. The fourth-order valence-corrected chi connectivity index (χ4v) is 1.40. The van der Waals surface area contributed by atoms with Crippen LogP contribution in [0.4, 0.5) is 4.39 Å². The van der Waals surface area contributed by atoms with Crippen LogP contribution in [0, 0.1) is 5.82 Å². The van der Waals surface area contributed by atoms with Gasteiger partial charge in [0.1, 0.15) is 11.6 Å². The molecule has 0 aliphatic heterocycles. The van der Waals surface area contributed by atoms with Crippen LogP contribution < -0.4 is 5.32 Å². The van der Waals surface area contributed by atoms with E-state index in [2.05, 4.69) is 21.2 Å². The van der Waals surface area contributed by atoms with Crippen LogP contribution in [0.25, 0.3) is 0 Å². The average molecular weight is 234 g/mol. The molecule has 1 rings (SSSR count). The summed E-state index contributed by atoms with van der Waals surface area (Å²) in [6.45, 7) is 0.435. The average Bonchev–Trinajstić information content (AvgIpc) is 2.06. The first-order chi connectivity index (χ1) is 5.66. The summed E-state index contributed by atoms with van der Waals surface area (Å²) in [6, 6.07) is 2.56. The van der Waals surface area contributed by atoms with E-state index in [1.165, 1.54) is 12.1 Å². The first-order valence-electron chi connectivity index (χ1n) is 3.47. The molecule has 4 heteroatoms. The number of benzene rings is 1. The molecule has 1 aromatic rings. The number of halogens is 2. The predicted octanol–water partition coefficient (Wildman–Crippen LogP) is 2.01. The highest BCUT2D eigenvalue weighted by Crippen LogP contribution is 2.28. The van der Waals surface area contributed by atoms with Gasteiger partial charge in [0.25, 0.3) is 0 Å². The van der Waals surface area contributed by atoms with Gasteiger partial charge < -0.3 is 10.4 Å². The number of phenolic OH excluding ortho intramolecular Hbond substituents is 1. The molecule has 0 fully saturated rings. The van der Waals surface area contributed by atoms with Gasteiger partial charge in [0.15, 0.2) is 0 Å². The van der Waals surface area contributed by atoms with Crippen LogP contribution in [0.1, 0.15) is 5.56 Å². The number of hydrogen-bond acceptors (Lipinski definition) is 2. The van der Waals surface area contributed by atoms with E-state index in [4.69, 9.17) is 0 Å². The van der Waals surface area contributed by atoms with Crippen LogP contribution >= 0.6 is 15.9 Å². The quantitative estimate of drug-likeness (QED) is 0.820.